The molecule has 0 heterocycles. The Bertz CT molecular complexity index is 560. The Kier molecular flexibility index (Phi) is 2.40. The first-order valence-electron chi connectivity index (χ1n) is 4.67. The standard InChI is InChI=1S/C12H10O4/c1-16-12(15)8-4-2-3-7-9(13)5-6-10(14)11(7)8/h2-6,13-14H,1H3. The number of benzene rings is 2. The molecule has 0 saturated carbocycles. The van der Waals surface area contributed by atoms with Crippen LogP contribution in [0.2, 0.25) is 0 Å². The lowest BCUT2D eigenvalue weighted by Crippen LogP contribution is -2.01. The van der Waals surface area contributed by atoms with Gasteiger partial charge in [0, 0.05) is 10.8 Å². The molecule has 0 amide bonds. The van der Waals surface area contributed by atoms with E-state index in [1.807, 2.05) is 0 Å². The molecule has 4 heteroatoms. The van der Waals surface area contributed by atoms with Gasteiger partial charge in [0.2, 0.25) is 0 Å². The summed E-state index contributed by atoms with van der Waals surface area (Å²) in [7, 11) is 1.26. The number of hydrogen-bond donors (Lipinski definition) is 2. The number of aromatic hydroxyl groups is 2. The number of methoxy groups -OCH3 is 1. The quantitative estimate of drug-likeness (QED) is 0.567. The molecular weight excluding hydrogens is 208 g/mol. The third-order valence-electron chi connectivity index (χ3n) is 2.40. The molecule has 0 radical (unpaired) electrons. The molecule has 0 spiro atoms. The maximum Gasteiger partial charge on any atom is 0.338 e. The third-order valence-corrected chi connectivity index (χ3v) is 2.40. The lowest BCUT2D eigenvalue weighted by molar-refractivity contribution is 0.0603. The number of phenolic OH excluding ortho intramolecular Hbond substituents is 2. The van der Waals surface area contributed by atoms with Crippen molar-refractivity contribution in [3.8, 4) is 11.5 Å². The summed E-state index contributed by atoms with van der Waals surface area (Å²) in [5.74, 6) is -0.598. The van der Waals surface area contributed by atoms with Crippen molar-refractivity contribution in [3.05, 3.63) is 35.9 Å². The van der Waals surface area contributed by atoms with Crippen LogP contribution < -0.4 is 0 Å². The first kappa shape index (κ1) is 10.3. The van der Waals surface area contributed by atoms with Crippen LogP contribution in [0.5, 0.6) is 11.5 Å². The summed E-state index contributed by atoms with van der Waals surface area (Å²) in [6.07, 6.45) is 0. The van der Waals surface area contributed by atoms with Gasteiger partial charge in [-0.3, -0.25) is 0 Å². The highest BCUT2D eigenvalue weighted by Gasteiger charge is 2.14. The van der Waals surface area contributed by atoms with Crippen molar-refractivity contribution in [2.45, 2.75) is 0 Å². The largest absolute Gasteiger partial charge is 0.507 e. The van der Waals surface area contributed by atoms with Crippen LogP contribution in [0.3, 0.4) is 0 Å². The molecule has 16 heavy (non-hydrogen) atoms. The predicted octanol–water partition coefficient (Wildman–Crippen LogP) is 2.04. The van der Waals surface area contributed by atoms with Gasteiger partial charge in [0.1, 0.15) is 11.5 Å². The second-order valence-corrected chi connectivity index (χ2v) is 3.32. The fourth-order valence-corrected chi connectivity index (χ4v) is 1.65. The van der Waals surface area contributed by atoms with E-state index in [0.717, 1.165) is 0 Å². The summed E-state index contributed by atoms with van der Waals surface area (Å²) in [5, 5.41) is 20.0. The first-order chi connectivity index (χ1) is 7.65. The zero-order valence-corrected chi connectivity index (χ0v) is 8.60. The van der Waals surface area contributed by atoms with E-state index in [2.05, 4.69) is 4.74 Å². The van der Waals surface area contributed by atoms with Crippen molar-refractivity contribution in [1.29, 1.82) is 0 Å². The Morgan fingerprint density at radius 1 is 1.12 bits per heavy atom. The summed E-state index contributed by atoms with van der Waals surface area (Å²) in [6, 6.07) is 7.49. The Labute approximate surface area is 91.7 Å². The van der Waals surface area contributed by atoms with Gasteiger partial charge in [0.05, 0.1) is 12.7 Å². The minimum absolute atomic E-state index is 0.0125. The number of ether oxygens (including phenoxy) is 1. The van der Waals surface area contributed by atoms with E-state index in [1.54, 1.807) is 12.1 Å². The molecule has 4 nitrogen and oxygen atoms in total. The van der Waals surface area contributed by atoms with Crippen LogP contribution in [0.15, 0.2) is 30.3 Å². The van der Waals surface area contributed by atoms with E-state index in [1.165, 1.54) is 25.3 Å². The molecule has 2 rings (SSSR count). The number of fused-ring (bicyclic) bond motifs is 1. The van der Waals surface area contributed by atoms with Crippen molar-refractivity contribution >= 4 is 16.7 Å². The highest BCUT2D eigenvalue weighted by Crippen LogP contribution is 2.34. The monoisotopic (exact) mass is 218 g/mol. The topological polar surface area (TPSA) is 66.8 Å². The average Bonchev–Trinajstić information content (AvgIpc) is 2.32. The molecule has 2 aromatic carbocycles. The molecule has 82 valence electrons. The summed E-state index contributed by atoms with van der Waals surface area (Å²) in [6.45, 7) is 0. The van der Waals surface area contributed by atoms with E-state index in [0.29, 0.717) is 10.8 Å². The van der Waals surface area contributed by atoms with Gasteiger partial charge in [-0.15, -0.1) is 0 Å². The fourth-order valence-electron chi connectivity index (χ4n) is 1.65. The Balaban J connectivity index is 2.86. The highest BCUT2D eigenvalue weighted by atomic mass is 16.5. The lowest BCUT2D eigenvalue weighted by atomic mass is 10.0. The number of carbonyl (C=O) groups is 1. The van der Waals surface area contributed by atoms with Crippen LogP contribution in [0.4, 0.5) is 0 Å². The van der Waals surface area contributed by atoms with Crippen molar-refractivity contribution in [3.63, 3.8) is 0 Å². The number of esters is 1. The maximum atomic E-state index is 11.5. The summed E-state index contributed by atoms with van der Waals surface area (Å²) in [5.41, 5.74) is 0.230. The molecule has 0 bridgehead atoms. The predicted molar refractivity (Wildman–Crippen MR) is 58.6 cm³/mol. The highest BCUT2D eigenvalue weighted by molar-refractivity contribution is 6.08. The number of carbonyl (C=O) groups excluding carboxylic acids is 1. The van der Waals surface area contributed by atoms with Gasteiger partial charge < -0.3 is 14.9 Å². The maximum absolute atomic E-state index is 11.5. The van der Waals surface area contributed by atoms with Crippen molar-refractivity contribution in [2.24, 2.45) is 0 Å². The molecule has 0 aliphatic rings. The molecule has 0 aliphatic heterocycles. The van der Waals surface area contributed by atoms with E-state index in [4.69, 9.17) is 0 Å². The smallest absolute Gasteiger partial charge is 0.338 e. The van der Waals surface area contributed by atoms with Crippen LogP contribution in [-0.4, -0.2) is 23.3 Å². The van der Waals surface area contributed by atoms with Gasteiger partial charge >= 0.3 is 5.97 Å². The van der Waals surface area contributed by atoms with Crippen LogP contribution in [-0.2, 0) is 4.74 Å². The molecule has 0 unspecified atom stereocenters. The molecule has 0 saturated heterocycles. The van der Waals surface area contributed by atoms with Gasteiger partial charge in [-0.25, -0.2) is 4.79 Å². The zero-order valence-electron chi connectivity index (χ0n) is 8.60. The Hall–Kier alpha value is -2.23. The molecule has 0 atom stereocenters. The van der Waals surface area contributed by atoms with Gasteiger partial charge in [0.15, 0.2) is 0 Å². The molecule has 2 N–H and O–H groups in total. The first-order valence-corrected chi connectivity index (χ1v) is 4.67. The normalized spacial score (nSPS) is 10.3. The van der Waals surface area contributed by atoms with Gasteiger partial charge in [0.25, 0.3) is 0 Å². The number of phenols is 2. The third kappa shape index (κ3) is 1.44. The fraction of sp³-hybridized carbons (Fsp3) is 0.0833. The van der Waals surface area contributed by atoms with Gasteiger partial charge in [-0.1, -0.05) is 12.1 Å². The van der Waals surface area contributed by atoms with Gasteiger partial charge in [-0.2, -0.15) is 0 Å². The molecule has 2 aromatic rings. The molecule has 0 fully saturated rings. The van der Waals surface area contributed by atoms with E-state index < -0.39 is 5.97 Å². The summed E-state index contributed by atoms with van der Waals surface area (Å²) in [4.78, 5) is 11.5. The second kappa shape index (κ2) is 3.73. The van der Waals surface area contributed by atoms with Crippen molar-refractivity contribution in [2.75, 3.05) is 7.11 Å². The van der Waals surface area contributed by atoms with Gasteiger partial charge in [-0.05, 0) is 18.2 Å². The molecule has 0 aliphatic carbocycles. The van der Waals surface area contributed by atoms with Crippen LogP contribution in [0, 0.1) is 0 Å². The summed E-state index contributed by atoms with van der Waals surface area (Å²) >= 11 is 0. The van der Waals surface area contributed by atoms with E-state index in [-0.39, 0.29) is 17.1 Å². The van der Waals surface area contributed by atoms with Crippen LogP contribution in [0.1, 0.15) is 10.4 Å². The minimum Gasteiger partial charge on any atom is -0.507 e. The van der Waals surface area contributed by atoms with E-state index >= 15 is 0 Å². The average molecular weight is 218 g/mol. The van der Waals surface area contributed by atoms with Crippen LogP contribution >= 0.6 is 0 Å². The molecule has 0 aromatic heterocycles. The second-order valence-electron chi connectivity index (χ2n) is 3.32. The number of hydrogen-bond acceptors (Lipinski definition) is 4. The Morgan fingerprint density at radius 2 is 1.81 bits per heavy atom. The van der Waals surface area contributed by atoms with Crippen molar-refractivity contribution in [1.82, 2.24) is 0 Å². The minimum atomic E-state index is -0.550. The zero-order chi connectivity index (χ0) is 11.7. The SMILES string of the molecule is COC(=O)c1cccc2c(O)ccc(O)c12. The summed E-state index contributed by atoms with van der Waals surface area (Å²) < 4.78 is 4.61. The lowest BCUT2D eigenvalue weighted by Gasteiger charge is -2.07. The molecular formula is C12H10O4. The van der Waals surface area contributed by atoms with Crippen LogP contribution in [0.25, 0.3) is 10.8 Å². The van der Waals surface area contributed by atoms with Crippen molar-refractivity contribution < 1.29 is 19.7 Å². The number of rotatable bonds is 1. The van der Waals surface area contributed by atoms with E-state index in [9.17, 15) is 15.0 Å². The Morgan fingerprint density at radius 3 is 2.50 bits per heavy atom.